The van der Waals surface area contributed by atoms with Gasteiger partial charge in [0, 0.05) is 31.5 Å². The Morgan fingerprint density at radius 2 is 2.00 bits per heavy atom. The Kier molecular flexibility index (Phi) is 4.90. The van der Waals surface area contributed by atoms with Crippen molar-refractivity contribution in [3.63, 3.8) is 0 Å². The summed E-state index contributed by atoms with van der Waals surface area (Å²) in [6.07, 6.45) is 10.7. The average Bonchev–Trinajstić information content (AvgIpc) is 3.34. The molecule has 120 valence electrons. The van der Waals surface area contributed by atoms with Crippen molar-refractivity contribution in [2.75, 3.05) is 6.54 Å². The maximum atomic E-state index is 12.0. The lowest BCUT2D eigenvalue weighted by Gasteiger charge is -2.20. The van der Waals surface area contributed by atoms with Crippen LogP contribution in [0.5, 0.6) is 0 Å². The van der Waals surface area contributed by atoms with E-state index in [1.165, 1.54) is 32.1 Å². The largest absolute Gasteiger partial charge is 0.354 e. The highest BCUT2D eigenvalue weighted by Gasteiger charge is 2.25. The second-order valence-corrected chi connectivity index (χ2v) is 6.68. The molecule has 2 aliphatic carbocycles. The van der Waals surface area contributed by atoms with E-state index in [4.69, 9.17) is 0 Å². The van der Waals surface area contributed by atoms with Crippen LogP contribution in [-0.2, 0) is 11.3 Å². The number of rotatable bonds is 6. The summed E-state index contributed by atoms with van der Waals surface area (Å²) >= 11 is 0. The molecule has 5 heteroatoms. The van der Waals surface area contributed by atoms with Gasteiger partial charge in [-0.05, 0) is 31.6 Å². The molecule has 0 aromatic carbocycles. The van der Waals surface area contributed by atoms with Gasteiger partial charge >= 0.3 is 0 Å². The summed E-state index contributed by atoms with van der Waals surface area (Å²) in [7, 11) is 0. The van der Waals surface area contributed by atoms with E-state index in [9.17, 15) is 9.59 Å². The number of hydrogen-bond donors (Lipinski definition) is 1. The molecule has 0 spiro atoms. The molecule has 1 N–H and O–H groups in total. The van der Waals surface area contributed by atoms with Crippen molar-refractivity contribution in [2.24, 2.45) is 5.92 Å². The van der Waals surface area contributed by atoms with E-state index < -0.39 is 0 Å². The average molecular weight is 303 g/mol. The zero-order chi connectivity index (χ0) is 15.4. The van der Waals surface area contributed by atoms with Gasteiger partial charge in [-0.15, -0.1) is 0 Å². The van der Waals surface area contributed by atoms with Crippen molar-refractivity contribution in [3.8, 4) is 0 Å². The van der Waals surface area contributed by atoms with E-state index in [-0.39, 0.29) is 11.5 Å². The Bertz CT molecular complexity index is 572. The van der Waals surface area contributed by atoms with Gasteiger partial charge in [0.05, 0.1) is 12.0 Å². The fraction of sp³-hybridized carbons (Fsp3) is 0.706. The highest BCUT2D eigenvalue weighted by molar-refractivity contribution is 5.76. The van der Waals surface area contributed by atoms with Gasteiger partial charge in [0.15, 0.2) is 0 Å². The summed E-state index contributed by atoms with van der Waals surface area (Å²) in [6, 6.07) is 1.64. The van der Waals surface area contributed by atoms with Gasteiger partial charge in [-0.25, -0.2) is 4.98 Å². The first-order valence-corrected chi connectivity index (χ1v) is 8.55. The van der Waals surface area contributed by atoms with Crippen LogP contribution >= 0.6 is 0 Å². The van der Waals surface area contributed by atoms with Crippen molar-refractivity contribution in [2.45, 2.75) is 63.8 Å². The number of aromatic nitrogens is 2. The van der Waals surface area contributed by atoms with E-state index in [1.54, 1.807) is 17.0 Å². The third kappa shape index (κ3) is 4.18. The predicted molar refractivity (Wildman–Crippen MR) is 84.7 cm³/mol. The number of nitrogens with one attached hydrogen (secondary N) is 1. The molecule has 1 aromatic heterocycles. The topological polar surface area (TPSA) is 64.0 Å². The standard InChI is InChI=1S/C17H25N3O2/c21-16(10-13-4-2-1-3-5-13)18-8-9-20-12-19-15(11-17(20)22)14-6-7-14/h11-14H,1-10H2,(H,18,21). The second kappa shape index (κ2) is 7.07. The lowest BCUT2D eigenvalue weighted by atomic mass is 9.87. The Labute approximate surface area is 131 Å². The minimum Gasteiger partial charge on any atom is -0.354 e. The molecule has 0 unspecified atom stereocenters. The van der Waals surface area contributed by atoms with Crippen molar-refractivity contribution in [3.05, 3.63) is 28.4 Å². The van der Waals surface area contributed by atoms with Gasteiger partial charge in [-0.2, -0.15) is 0 Å². The van der Waals surface area contributed by atoms with E-state index >= 15 is 0 Å². The quantitative estimate of drug-likeness (QED) is 0.876. The van der Waals surface area contributed by atoms with Gasteiger partial charge in [0.25, 0.3) is 5.56 Å². The van der Waals surface area contributed by atoms with Crippen LogP contribution in [0.1, 0.15) is 63.0 Å². The monoisotopic (exact) mass is 303 g/mol. The van der Waals surface area contributed by atoms with E-state index in [2.05, 4.69) is 10.3 Å². The van der Waals surface area contributed by atoms with Gasteiger partial charge in [0.1, 0.15) is 0 Å². The SMILES string of the molecule is O=C(CC1CCCCC1)NCCn1cnc(C2CC2)cc1=O. The molecule has 0 saturated heterocycles. The smallest absolute Gasteiger partial charge is 0.253 e. The summed E-state index contributed by atoms with van der Waals surface area (Å²) < 4.78 is 1.58. The van der Waals surface area contributed by atoms with Crippen molar-refractivity contribution in [1.82, 2.24) is 14.9 Å². The maximum Gasteiger partial charge on any atom is 0.253 e. The lowest BCUT2D eigenvalue weighted by molar-refractivity contribution is -0.122. The van der Waals surface area contributed by atoms with Crippen molar-refractivity contribution < 1.29 is 4.79 Å². The van der Waals surface area contributed by atoms with Gasteiger partial charge in [-0.3, -0.25) is 14.2 Å². The van der Waals surface area contributed by atoms with Crippen LogP contribution in [0, 0.1) is 5.92 Å². The lowest BCUT2D eigenvalue weighted by Crippen LogP contribution is -2.32. The first kappa shape index (κ1) is 15.3. The highest BCUT2D eigenvalue weighted by atomic mass is 16.1. The summed E-state index contributed by atoms with van der Waals surface area (Å²) in [5, 5.41) is 2.93. The van der Waals surface area contributed by atoms with Crippen LogP contribution < -0.4 is 10.9 Å². The zero-order valence-corrected chi connectivity index (χ0v) is 13.1. The fourth-order valence-electron chi connectivity index (χ4n) is 3.25. The molecule has 0 radical (unpaired) electrons. The molecule has 0 bridgehead atoms. The molecule has 1 heterocycles. The third-order valence-electron chi connectivity index (χ3n) is 4.77. The molecular weight excluding hydrogens is 278 g/mol. The van der Waals surface area contributed by atoms with Crippen molar-refractivity contribution >= 4 is 5.91 Å². The summed E-state index contributed by atoms with van der Waals surface area (Å²) in [6.45, 7) is 0.989. The molecule has 0 atom stereocenters. The van der Waals surface area contributed by atoms with Crippen LogP contribution in [0.15, 0.2) is 17.2 Å². The Morgan fingerprint density at radius 3 is 2.68 bits per heavy atom. The number of nitrogens with zero attached hydrogens (tertiary/aromatic N) is 2. The van der Waals surface area contributed by atoms with Crippen molar-refractivity contribution in [1.29, 1.82) is 0 Å². The molecular formula is C17H25N3O2. The van der Waals surface area contributed by atoms with Crippen LogP contribution in [0.4, 0.5) is 0 Å². The summed E-state index contributed by atoms with van der Waals surface area (Å²) in [4.78, 5) is 28.2. The molecule has 2 aliphatic rings. The van der Waals surface area contributed by atoms with Crippen LogP contribution in [0.25, 0.3) is 0 Å². The number of carbonyl (C=O) groups is 1. The highest BCUT2D eigenvalue weighted by Crippen LogP contribution is 2.38. The Balaban J connectivity index is 1.42. The second-order valence-electron chi connectivity index (χ2n) is 6.68. The van der Waals surface area contributed by atoms with Crippen LogP contribution in [0.3, 0.4) is 0 Å². The zero-order valence-electron chi connectivity index (χ0n) is 13.1. The molecule has 2 fully saturated rings. The molecule has 0 aliphatic heterocycles. The molecule has 3 rings (SSSR count). The molecule has 2 saturated carbocycles. The normalized spacial score (nSPS) is 19.1. The fourth-order valence-corrected chi connectivity index (χ4v) is 3.25. The van der Waals surface area contributed by atoms with E-state index in [1.807, 2.05) is 0 Å². The van der Waals surface area contributed by atoms with Gasteiger partial charge in [-0.1, -0.05) is 19.3 Å². The summed E-state index contributed by atoms with van der Waals surface area (Å²) in [5.74, 6) is 1.16. The summed E-state index contributed by atoms with van der Waals surface area (Å²) in [5.41, 5.74) is 0.904. The van der Waals surface area contributed by atoms with Crippen LogP contribution in [-0.4, -0.2) is 22.0 Å². The van der Waals surface area contributed by atoms with E-state index in [0.29, 0.717) is 31.3 Å². The Morgan fingerprint density at radius 1 is 1.23 bits per heavy atom. The minimum atomic E-state index is -0.0153. The molecule has 5 nitrogen and oxygen atoms in total. The predicted octanol–water partition coefficient (Wildman–Crippen LogP) is 2.21. The number of hydrogen-bond acceptors (Lipinski definition) is 3. The van der Waals surface area contributed by atoms with Gasteiger partial charge < -0.3 is 5.32 Å². The van der Waals surface area contributed by atoms with E-state index in [0.717, 1.165) is 18.5 Å². The molecule has 22 heavy (non-hydrogen) atoms. The number of carbonyl (C=O) groups excluding carboxylic acids is 1. The van der Waals surface area contributed by atoms with Crippen LogP contribution in [0.2, 0.25) is 0 Å². The number of amides is 1. The first-order valence-electron chi connectivity index (χ1n) is 8.55. The van der Waals surface area contributed by atoms with Gasteiger partial charge in [0.2, 0.25) is 5.91 Å². The maximum absolute atomic E-state index is 12.0. The molecule has 1 aromatic rings. The Hall–Kier alpha value is -1.65. The minimum absolute atomic E-state index is 0.0153. The third-order valence-corrected chi connectivity index (χ3v) is 4.77. The molecule has 1 amide bonds. The first-order chi connectivity index (χ1) is 10.7.